The molecule has 1 heteroatoms. The number of hydrogen-bond acceptors (Lipinski definition) is 1. The van der Waals surface area contributed by atoms with E-state index in [1.165, 1.54) is 5.57 Å². The molecular formula is C15H26O. The topological polar surface area (TPSA) is 20.2 Å². The van der Waals surface area contributed by atoms with Crippen molar-refractivity contribution in [2.24, 2.45) is 17.3 Å². The van der Waals surface area contributed by atoms with Crippen LogP contribution in [-0.4, -0.2) is 10.7 Å². The van der Waals surface area contributed by atoms with Gasteiger partial charge in [0.25, 0.3) is 0 Å². The van der Waals surface area contributed by atoms with Gasteiger partial charge in [-0.05, 0) is 57.3 Å². The molecule has 16 heavy (non-hydrogen) atoms. The van der Waals surface area contributed by atoms with Crippen LogP contribution in [0.25, 0.3) is 0 Å². The Morgan fingerprint density at radius 3 is 2.44 bits per heavy atom. The summed E-state index contributed by atoms with van der Waals surface area (Å²) < 4.78 is 0. The molecule has 0 spiro atoms. The fourth-order valence-electron chi connectivity index (χ4n) is 2.98. The van der Waals surface area contributed by atoms with E-state index in [0.717, 1.165) is 19.3 Å². The van der Waals surface area contributed by atoms with Crippen LogP contribution in [0.5, 0.6) is 0 Å². The van der Waals surface area contributed by atoms with Crippen LogP contribution in [0.4, 0.5) is 0 Å². The maximum atomic E-state index is 10.1. The van der Waals surface area contributed by atoms with Gasteiger partial charge in [0.15, 0.2) is 0 Å². The third-order valence-electron chi connectivity index (χ3n) is 4.41. The second-order valence-electron chi connectivity index (χ2n) is 6.23. The van der Waals surface area contributed by atoms with Crippen LogP contribution in [0.3, 0.4) is 0 Å². The number of rotatable bonds is 3. The summed E-state index contributed by atoms with van der Waals surface area (Å²) in [5, 5.41) is 10.1. The van der Waals surface area contributed by atoms with E-state index in [-0.39, 0.29) is 5.41 Å². The lowest BCUT2D eigenvalue weighted by molar-refractivity contribution is -0.0244. The zero-order valence-corrected chi connectivity index (χ0v) is 11.2. The summed E-state index contributed by atoms with van der Waals surface area (Å²) in [5.41, 5.74) is 0.806. The van der Waals surface area contributed by atoms with E-state index in [1.807, 2.05) is 13.8 Å². The van der Waals surface area contributed by atoms with Crippen LogP contribution in [0.1, 0.15) is 47.0 Å². The largest absolute Gasteiger partial charge is 0.390 e. The van der Waals surface area contributed by atoms with E-state index >= 15 is 0 Å². The van der Waals surface area contributed by atoms with E-state index in [1.54, 1.807) is 0 Å². The van der Waals surface area contributed by atoms with Gasteiger partial charge < -0.3 is 5.11 Å². The fraction of sp³-hybridized carbons (Fsp3) is 0.733. The van der Waals surface area contributed by atoms with Gasteiger partial charge in [0, 0.05) is 0 Å². The van der Waals surface area contributed by atoms with Crippen LogP contribution in [-0.2, 0) is 0 Å². The van der Waals surface area contributed by atoms with Gasteiger partial charge in [-0.25, -0.2) is 0 Å². The summed E-state index contributed by atoms with van der Waals surface area (Å²) >= 11 is 0. The predicted molar refractivity (Wildman–Crippen MR) is 70.2 cm³/mol. The van der Waals surface area contributed by atoms with E-state index < -0.39 is 5.60 Å². The van der Waals surface area contributed by atoms with Crippen molar-refractivity contribution in [1.82, 2.24) is 0 Å². The molecule has 0 aromatic heterocycles. The van der Waals surface area contributed by atoms with Crippen LogP contribution < -0.4 is 0 Å². The molecular weight excluding hydrogens is 196 g/mol. The standard InChI is InChI=1S/C15H26O/c1-7-15(6)9-8-12(14(4,5)16)10-13(15)11(2)3/h7,12-13,16H,1-2,8-10H2,3-6H3. The second kappa shape index (κ2) is 4.37. The quantitative estimate of drug-likeness (QED) is 0.717. The lowest BCUT2D eigenvalue weighted by Gasteiger charge is -2.46. The summed E-state index contributed by atoms with van der Waals surface area (Å²) in [4.78, 5) is 0. The van der Waals surface area contributed by atoms with Crippen molar-refractivity contribution in [3.05, 3.63) is 24.8 Å². The molecule has 3 unspecified atom stereocenters. The van der Waals surface area contributed by atoms with E-state index in [4.69, 9.17) is 0 Å². The number of hydrogen-bond donors (Lipinski definition) is 1. The van der Waals surface area contributed by atoms with Gasteiger partial charge >= 0.3 is 0 Å². The monoisotopic (exact) mass is 222 g/mol. The molecule has 0 saturated heterocycles. The molecule has 1 rings (SSSR count). The van der Waals surface area contributed by atoms with Crippen LogP contribution in [0.2, 0.25) is 0 Å². The first-order valence-corrected chi connectivity index (χ1v) is 6.22. The molecule has 0 bridgehead atoms. The third-order valence-corrected chi connectivity index (χ3v) is 4.41. The summed E-state index contributed by atoms with van der Waals surface area (Å²) in [6.45, 7) is 16.3. The molecule has 0 aliphatic heterocycles. The van der Waals surface area contributed by atoms with E-state index in [9.17, 15) is 5.11 Å². The molecule has 92 valence electrons. The minimum absolute atomic E-state index is 0.160. The Labute approximate surface area is 100 Å². The average molecular weight is 222 g/mol. The molecule has 0 radical (unpaired) electrons. The molecule has 1 aliphatic rings. The highest BCUT2D eigenvalue weighted by molar-refractivity contribution is 5.12. The summed E-state index contributed by atoms with van der Waals surface area (Å²) in [5.74, 6) is 0.831. The van der Waals surface area contributed by atoms with Crippen LogP contribution in [0, 0.1) is 17.3 Å². The first kappa shape index (κ1) is 13.5. The van der Waals surface area contributed by atoms with Gasteiger partial charge in [-0.2, -0.15) is 0 Å². The van der Waals surface area contributed by atoms with Crippen molar-refractivity contribution in [2.45, 2.75) is 52.6 Å². The van der Waals surface area contributed by atoms with Gasteiger partial charge in [0.2, 0.25) is 0 Å². The molecule has 0 aromatic rings. The predicted octanol–water partition coefficient (Wildman–Crippen LogP) is 3.94. The Hall–Kier alpha value is -0.560. The van der Waals surface area contributed by atoms with Crippen molar-refractivity contribution in [3.8, 4) is 0 Å². The average Bonchev–Trinajstić information content (AvgIpc) is 2.16. The number of aliphatic hydroxyl groups is 1. The SMILES string of the molecule is C=CC1(C)CCC(C(C)(C)O)CC1C(=C)C. The van der Waals surface area contributed by atoms with Gasteiger partial charge in [0.05, 0.1) is 5.60 Å². The lowest BCUT2D eigenvalue weighted by atomic mass is 9.60. The number of allylic oxidation sites excluding steroid dienone is 2. The summed E-state index contributed by atoms with van der Waals surface area (Å²) in [7, 11) is 0. The molecule has 1 N–H and O–H groups in total. The molecule has 1 nitrogen and oxygen atoms in total. The maximum Gasteiger partial charge on any atom is 0.0620 e. The smallest absolute Gasteiger partial charge is 0.0620 e. The zero-order valence-electron chi connectivity index (χ0n) is 11.2. The fourth-order valence-corrected chi connectivity index (χ4v) is 2.98. The second-order valence-corrected chi connectivity index (χ2v) is 6.23. The minimum atomic E-state index is -0.573. The van der Waals surface area contributed by atoms with Crippen LogP contribution >= 0.6 is 0 Å². The molecule has 1 aliphatic carbocycles. The van der Waals surface area contributed by atoms with Gasteiger partial charge in [0.1, 0.15) is 0 Å². The highest BCUT2D eigenvalue weighted by atomic mass is 16.3. The Morgan fingerprint density at radius 2 is 2.06 bits per heavy atom. The van der Waals surface area contributed by atoms with Crippen molar-refractivity contribution < 1.29 is 5.11 Å². The van der Waals surface area contributed by atoms with E-state index in [0.29, 0.717) is 11.8 Å². The Morgan fingerprint density at radius 1 is 1.50 bits per heavy atom. The summed E-state index contributed by atoms with van der Waals surface area (Å²) in [6.07, 6.45) is 5.28. The van der Waals surface area contributed by atoms with Crippen molar-refractivity contribution >= 4 is 0 Å². The van der Waals surface area contributed by atoms with Crippen LogP contribution in [0.15, 0.2) is 24.8 Å². The zero-order chi connectivity index (χ0) is 12.6. The first-order valence-electron chi connectivity index (χ1n) is 6.22. The minimum Gasteiger partial charge on any atom is -0.390 e. The van der Waals surface area contributed by atoms with Gasteiger partial charge in [-0.3, -0.25) is 0 Å². The highest BCUT2D eigenvalue weighted by Gasteiger charge is 2.42. The maximum absolute atomic E-state index is 10.1. The highest BCUT2D eigenvalue weighted by Crippen LogP contribution is 2.49. The molecule has 3 atom stereocenters. The van der Waals surface area contributed by atoms with Gasteiger partial charge in [-0.15, -0.1) is 6.58 Å². The van der Waals surface area contributed by atoms with Crippen molar-refractivity contribution in [2.75, 3.05) is 0 Å². The summed E-state index contributed by atoms with van der Waals surface area (Å²) in [6, 6.07) is 0. The molecule has 0 heterocycles. The first-order chi connectivity index (χ1) is 7.20. The normalized spacial score (nSPS) is 35.8. The molecule has 0 amide bonds. The van der Waals surface area contributed by atoms with Crippen molar-refractivity contribution in [1.29, 1.82) is 0 Å². The molecule has 0 aromatic carbocycles. The third kappa shape index (κ3) is 2.57. The molecule has 1 saturated carbocycles. The molecule has 1 fully saturated rings. The van der Waals surface area contributed by atoms with Crippen molar-refractivity contribution in [3.63, 3.8) is 0 Å². The Bertz CT molecular complexity index is 284. The Kier molecular flexibility index (Phi) is 3.69. The Balaban J connectivity index is 2.90. The van der Waals surface area contributed by atoms with Gasteiger partial charge in [-0.1, -0.05) is 25.2 Å². The lowest BCUT2D eigenvalue weighted by Crippen LogP contribution is -2.41. The van der Waals surface area contributed by atoms with E-state index in [2.05, 4.69) is 33.1 Å².